The van der Waals surface area contributed by atoms with Crippen LogP contribution in [0.3, 0.4) is 0 Å². The number of hydrogen-bond acceptors (Lipinski definition) is 6. The summed E-state index contributed by atoms with van der Waals surface area (Å²) in [7, 11) is 0. The van der Waals surface area contributed by atoms with Gasteiger partial charge in [-0.05, 0) is 59.4 Å². The molecule has 0 saturated heterocycles. The summed E-state index contributed by atoms with van der Waals surface area (Å²) < 4.78 is 11.0. The van der Waals surface area contributed by atoms with E-state index in [1.807, 2.05) is 6.07 Å². The summed E-state index contributed by atoms with van der Waals surface area (Å²) in [5.41, 5.74) is 4.01. The van der Waals surface area contributed by atoms with Crippen LogP contribution in [0.1, 0.15) is 93.8 Å². The molecule has 0 atom stereocenters. The fourth-order valence-electron chi connectivity index (χ4n) is 4.46. The molecular weight excluding hydrogens is 430 g/mol. The van der Waals surface area contributed by atoms with E-state index in [1.54, 1.807) is 6.07 Å². The number of carbonyl (C=O) groups is 1. The van der Waals surface area contributed by atoms with Crippen molar-refractivity contribution in [3.8, 4) is 11.5 Å². The van der Waals surface area contributed by atoms with Crippen LogP contribution >= 0.6 is 0 Å². The second kappa shape index (κ2) is 10.5. The van der Waals surface area contributed by atoms with Crippen molar-refractivity contribution in [2.75, 3.05) is 13.2 Å². The van der Waals surface area contributed by atoms with Gasteiger partial charge in [-0.3, -0.25) is 0 Å². The van der Waals surface area contributed by atoms with Crippen molar-refractivity contribution in [1.29, 1.82) is 0 Å². The largest absolute Gasteiger partial charge is 0.507 e. The molecule has 0 bridgehead atoms. The van der Waals surface area contributed by atoms with Crippen molar-refractivity contribution in [1.82, 2.24) is 0 Å². The number of esters is 1. The van der Waals surface area contributed by atoms with E-state index in [9.17, 15) is 15.1 Å². The molecule has 0 aliphatic heterocycles. The van der Waals surface area contributed by atoms with Gasteiger partial charge in [0, 0.05) is 11.6 Å². The first-order chi connectivity index (χ1) is 16.1. The number of oxime groups is 1. The second-order valence-corrected chi connectivity index (χ2v) is 10.4. The van der Waals surface area contributed by atoms with Gasteiger partial charge in [-0.1, -0.05) is 64.7 Å². The average molecular weight is 468 g/mol. The van der Waals surface area contributed by atoms with E-state index in [2.05, 4.69) is 51.9 Å². The van der Waals surface area contributed by atoms with Gasteiger partial charge in [0.2, 0.25) is 0 Å². The smallest absolute Gasteiger partial charge is 0.341 e. The van der Waals surface area contributed by atoms with Gasteiger partial charge in [-0.2, -0.15) is 0 Å². The Hall–Kier alpha value is -3.02. The molecule has 0 amide bonds. The Kier molecular flexibility index (Phi) is 7.90. The molecule has 1 aliphatic rings. The fraction of sp³-hybridized carbons (Fsp3) is 0.500. The average Bonchev–Trinajstić information content (AvgIpc) is 2.80. The molecule has 3 rings (SSSR count). The predicted octanol–water partition coefficient (Wildman–Crippen LogP) is 6.35. The molecule has 6 heteroatoms. The van der Waals surface area contributed by atoms with Gasteiger partial charge in [0.15, 0.2) is 0 Å². The first kappa shape index (κ1) is 25.6. The highest BCUT2D eigenvalue weighted by atomic mass is 16.5. The lowest BCUT2D eigenvalue weighted by Gasteiger charge is -2.42. The topological polar surface area (TPSA) is 88.4 Å². The van der Waals surface area contributed by atoms with E-state index in [4.69, 9.17) is 9.47 Å². The minimum absolute atomic E-state index is 0.0133. The van der Waals surface area contributed by atoms with Gasteiger partial charge in [0.05, 0.1) is 6.61 Å². The molecule has 0 spiro atoms. The van der Waals surface area contributed by atoms with Crippen LogP contribution in [-0.4, -0.2) is 35.2 Å². The number of phenols is 1. The number of nitrogens with zero attached hydrogens (tertiary/aromatic N) is 1. The quantitative estimate of drug-likeness (QED) is 0.148. The van der Waals surface area contributed by atoms with Crippen LogP contribution in [0.25, 0.3) is 0 Å². The molecule has 2 aromatic rings. The molecule has 0 saturated carbocycles. The SMILES string of the molecule is CCCCCOC(=O)c1ccc(OC/C(=N/O)c2ccc3c(c2)C(C)(C)CCC3(C)C)cc1O. The zero-order valence-electron chi connectivity index (χ0n) is 21.0. The molecule has 0 heterocycles. The number of phenolic OH excluding ortho intramolecular Hbond substituents is 1. The molecule has 0 unspecified atom stereocenters. The summed E-state index contributed by atoms with van der Waals surface area (Å²) in [4.78, 5) is 12.2. The van der Waals surface area contributed by atoms with Crippen LogP contribution in [-0.2, 0) is 15.6 Å². The number of fused-ring (bicyclic) bond motifs is 1. The summed E-state index contributed by atoms with van der Waals surface area (Å²) in [6.07, 6.45) is 5.04. The van der Waals surface area contributed by atoms with Crippen molar-refractivity contribution < 1.29 is 24.6 Å². The van der Waals surface area contributed by atoms with Crippen molar-refractivity contribution in [2.24, 2.45) is 5.16 Å². The maximum atomic E-state index is 12.2. The van der Waals surface area contributed by atoms with Crippen molar-refractivity contribution in [2.45, 2.75) is 77.6 Å². The van der Waals surface area contributed by atoms with Crippen LogP contribution in [0.5, 0.6) is 11.5 Å². The Morgan fingerprint density at radius 2 is 1.71 bits per heavy atom. The zero-order chi connectivity index (χ0) is 24.9. The number of aromatic hydroxyl groups is 1. The van der Waals surface area contributed by atoms with E-state index in [1.165, 1.54) is 23.3 Å². The van der Waals surface area contributed by atoms with E-state index in [0.29, 0.717) is 18.1 Å². The highest BCUT2D eigenvalue weighted by molar-refractivity contribution is 6.01. The summed E-state index contributed by atoms with van der Waals surface area (Å²) in [6.45, 7) is 11.4. The minimum atomic E-state index is -0.558. The van der Waals surface area contributed by atoms with Crippen LogP contribution in [0.4, 0.5) is 0 Å². The Morgan fingerprint density at radius 1 is 1.00 bits per heavy atom. The van der Waals surface area contributed by atoms with Gasteiger partial charge in [0.25, 0.3) is 0 Å². The molecule has 0 aromatic heterocycles. The Labute approximate surface area is 202 Å². The van der Waals surface area contributed by atoms with Crippen LogP contribution in [0.15, 0.2) is 41.6 Å². The van der Waals surface area contributed by atoms with Gasteiger partial charge in [-0.25, -0.2) is 4.79 Å². The van der Waals surface area contributed by atoms with Crippen LogP contribution in [0, 0.1) is 0 Å². The third-order valence-electron chi connectivity index (χ3n) is 6.85. The Morgan fingerprint density at radius 3 is 2.35 bits per heavy atom. The first-order valence-corrected chi connectivity index (χ1v) is 12.1. The second-order valence-electron chi connectivity index (χ2n) is 10.4. The van der Waals surface area contributed by atoms with Crippen molar-refractivity contribution >= 4 is 11.7 Å². The lowest BCUT2D eigenvalue weighted by Crippen LogP contribution is -2.34. The number of ether oxygens (including phenoxy) is 2. The molecule has 2 N–H and O–H groups in total. The van der Waals surface area contributed by atoms with Gasteiger partial charge in [0.1, 0.15) is 29.4 Å². The number of rotatable bonds is 9. The first-order valence-electron chi connectivity index (χ1n) is 12.1. The Bertz CT molecular complexity index is 1050. The fourth-order valence-corrected chi connectivity index (χ4v) is 4.46. The third-order valence-corrected chi connectivity index (χ3v) is 6.85. The van der Waals surface area contributed by atoms with Crippen LogP contribution in [0.2, 0.25) is 0 Å². The lowest BCUT2D eigenvalue weighted by molar-refractivity contribution is 0.0495. The number of carbonyl (C=O) groups excluding carboxylic acids is 1. The third kappa shape index (κ3) is 5.72. The van der Waals surface area contributed by atoms with E-state index < -0.39 is 5.97 Å². The molecule has 0 radical (unpaired) electrons. The van der Waals surface area contributed by atoms with Crippen molar-refractivity contribution in [3.63, 3.8) is 0 Å². The molecule has 184 valence electrons. The van der Waals surface area contributed by atoms with Gasteiger partial charge >= 0.3 is 5.97 Å². The van der Waals surface area contributed by atoms with E-state index in [-0.39, 0.29) is 28.7 Å². The Balaban J connectivity index is 1.70. The molecule has 34 heavy (non-hydrogen) atoms. The summed E-state index contributed by atoms with van der Waals surface area (Å²) in [6, 6.07) is 10.6. The maximum absolute atomic E-state index is 12.2. The predicted molar refractivity (Wildman–Crippen MR) is 133 cm³/mol. The highest BCUT2D eigenvalue weighted by Gasteiger charge is 2.37. The number of benzene rings is 2. The van der Waals surface area contributed by atoms with Crippen molar-refractivity contribution in [3.05, 3.63) is 58.7 Å². The zero-order valence-corrected chi connectivity index (χ0v) is 21.0. The van der Waals surface area contributed by atoms with Crippen LogP contribution < -0.4 is 4.74 Å². The normalized spacial score (nSPS) is 16.6. The van der Waals surface area contributed by atoms with E-state index in [0.717, 1.165) is 37.7 Å². The lowest BCUT2D eigenvalue weighted by atomic mass is 9.63. The standard InChI is InChI=1S/C28H37NO5/c1-6-7-8-15-33-26(31)21-11-10-20(17-25(21)30)34-18-24(29-32)19-9-12-22-23(16-19)28(4,5)14-13-27(22,2)3/h9-12,16-17,30,32H,6-8,13-15,18H2,1-5H3/b29-24-. The number of hydrogen-bond donors (Lipinski definition) is 2. The highest BCUT2D eigenvalue weighted by Crippen LogP contribution is 2.46. The van der Waals surface area contributed by atoms with Gasteiger partial charge < -0.3 is 19.8 Å². The molecular formula is C28H37NO5. The monoisotopic (exact) mass is 467 g/mol. The number of unbranched alkanes of at least 4 members (excludes halogenated alkanes) is 2. The molecule has 6 nitrogen and oxygen atoms in total. The summed E-state index contributed by atoms with van der Waals surface area (Å²) in [5.74, 6) is -0.406. The minimum Gasteiger partial charge on any atom is -0.507 e. The molecule has 2 aromatic carbocycles. The van der Waals surface area contributed by atoms with Gasteiger partial charge in [-0.15, -0.1) is 0 Å². The molecule has 1 aliphatic carbocycles. The summed E-state index contributed by atoms with van der Waals surface area (Å²) >= 11 is 0. The maximum Gasteiger partial charge on any atom is 0.341 e. The summed E-state index contributed by atoms with van der Waals surface area (Å²) in [5, 5.41) is 23.4. The molecule has 0 fully saturated rings. The van der Waals surface area contributed by atoms with E-state index >= 15 is 0 Å².